The number of methoxy groups -OCH3 is 1. The second-order valence-corrected chi connectivity index (χ2v) is 5.63. The topological polar surface area (TPSA) is 114 Å². The third kappa shape index (κ3) is 3.77. The monoisotopic (exact) mass is 309 g/mol. The molecule has 2 aromatic rings. The molecule has 2 aromatic carbocycles. The van der Waals surface area contributed by atoms with E-state index in [4.69, 9.17) is 15.0 Å². The number of ether oxygens (including phenoxy) is 1. The standard InChI is InChI=1S/C13H15N3O4S/c1-20-13-8-10(5-6-12(13)14)16-15-9-3-2-4-11(7-9)21(17,18)19/h2-8,15-16H,14H2,1H3,(H,17,18,19). The van der Waals surface area contributed by atoms with E-state index in [-0.39, 0.29) is 4.90 Å². The van der Waals surface area contributed by atoms with Crippen molar-refractivity contribution in [2.45, 2.75) is 4.90 Å². The molecule has 0 amide bonds. The maximum absolute atomic E-state index is 11.1. The van der Waals surface area contributed by atoms with Gasteiger partial charge in [0, 0.05) is 6.07 Å². The predicted octanol–water partition coefficient (Wildman–Crippen LogP) is 1.96. The molecule has 0 atom stereocenters. The molecular weight excluding hydrogens is 294 g/mol. The molecule has 0 bridgehead atoms. The summed E-state index contributed by atoms with van der Waals surface area (Å²) in [4.78, 5) is -0.191. The number of nitrogens with two attached hydrogens (primary N) is 1. The van der Waals surface area contributed by atoms with Crippen LogP contribution in [-0.2, 0) is 10.1 Å². The molecule has 0 aliphatic carbocycles. The first-order valence-electron chi connectivity index (χ1n) is 5.93. The van der Waals surface area contributed by atoms with Gasteiger partial charge in [0.2, 0.25) is 0 Å². The van der Waals surface area contributed by atoms with E-state index in [0.717, 1.165) is 0 Å². The van der Waals surface area contributed by atoms with Gasteiger partial charge >= 0.3 is 0 Å². The van der Waals surface area contributed by atoms with Gasteiger partial charge in [0.1, 0.15) is 5.75 Å². The zero-order valence-corrected chi connectivity index (χ0v) is 12.0. The van der Waals surface area contributed by atoms with E-state index in [1.165, 1.54) is 25.3 Å². The van der Waals surface area contributed by atoms with Crippen molar-refractivity contribution in [2.24, 2.45) is 0 Å². The first kappa shape index (κ1) is 14.9. The van der Waals surface area contributed by atoms with E-state index >= 15 is 0 Å². The van der Waals surface area contributed by atoms with Gasteiger partial charge in [0.15, 0.2) is 0 Å². The second-order valence-electron chi connectivity index (χ2n) is 4.21. The summed E-state index contributed by atoms with van der Waals surface area (Å²) >= 11 is 0. The molecule has 0 radical (unpaired) electrons. The average Bonchev–Trinajstić information content (AvgIpc) is 2.46. The van der Waals surface area contributed by atoms with Crippen LogP contribution in [0.1, 0.15) is 0 Å². The Balaban J connectivity index is 2.13. The fourth-order valence-electron chi connectivity index (χ4n) is 1.67. The lowest BCUT2D eigenvalue weighted by Crippen LogP contribution is -2.09. The van der Waals surface area contributed by atoms with Crippen molar-refractivity contribution in [1.82, 2.24) is 0 Å². The fraction of sp³-hybridized carbons (Fsp3) is 0.0769. The Morgan fingerprint density at radius 3 is 2.38 bits per heavy atom. The molecule has 0 aromatic heterocycles. The summed E-state index contributed by atoms with van der Waals surface area (Å²) in [6.07, 6.45) is 0. The van der Waals surface area contributed by atoms with Crippen LogP contribution in [0.3, 0.4) is 0 Å². The van der Waals surface area contributed by atoms with Gasteiger partial charge in [-0.1, -0.05) is 6.07 Å². The van der Waals surface area contributed by atoms with Crippen LogP contribution in [0.15, 0.2) is 47.4 Å². The summed E-state index contributed by atoms with van der Waals surface area (Å²) in [5, 5.41) is 0. The first-order valence-corrected chi connectivity index (χ1v) is 7.37. The lowest BCUT2D eigenvalue weighted by atomic mass is 10.2. The van der Waals surface area contributed by atoms with Gasteiger partial charge in [-0.3, -0.25) is 4.55 Å². The number of benzene rings is 2. The molecule has 0 spiro atoms. The van der Waals surface area contributed by atoms with Crippen LogP contribution < -0.4 is 21.3 Å². The molecule has 8 heteroatoms. The summed E-state index contributed by atoms with van der Waals surface area (Å²) in [5.41, 5.74) is 13.1. The number of nitrogens with one attached hydrogen (secondary N) is 2. The highest BCUT2D eigenvalue weighted by Gasteiger charge is 2.09. The van der Waals surface area contributed by atoms with Crippen molar-refractivity contribution >= 4 is 27.2 Å². The Morgan fingerprint density at radius 2 is 1.76 bits per heavy atom. The van der Waals surface area contributed by atoms with Gasteiger partial charge in [0.25, 0.3) is 10.1 Å². The molecule has 0 fully saturated rings. The van der Waals surface area contributed by atoms with Gasteiger partial charge in [-0.25, -0.2) is 0 Å². The Hall–Kier alpha value is -2.45. The van der Waals surface area contributed by atoms with E-state index in [0.29, 0.717) is 22.8 Å². The lowest BCUT2D eigenvalue weighted by molar-refractivity contribution is 0.417. The number of hydrogen-bond acceptors (Lipinski definition) is 6. The quantitative estimate of drug-likeness (QED) is 0.379. The molecule has 21 heavy (non-hydrogen) atoms. The zero-order chi connectivity index (χ0) is 15.5. The Kier molecular flexibility index (Phi) is 4.20. The Morgan fingerprint density at radius 1 is 1.10 bits per heavy atom. The van der Waals surface area contributed by atoms with Crippen molar-refractivity contribution < 1.29 is 17.7 Å². The maximum atomic E-state index is 11.1. The fourth-order valence-corrected chi connectivity index (χ4v) is 2.19. The smallest absolute Gasteiger partial charge is 0.294 e. The van der Waals surface area contributed by atoms with Crippen LogP contribution in [0.4, 0.5) is 17.1 Å². The maximum Gasteiger partial charge on any atom is 0.294 e. The molecule has 0 heterocycles. The normalized spacial score (nSPS) is 11.0. The van der Waals surface area contributed by atoms with Gasteiger partial charge in [-0.05, 0) is 30.3 Å². The van der Waals surface area contributed by atoms with E-state index in [9.17, 15) is 8.42 Å². The second kappa shape index (κ2) is 5.90. The molecule has 5 N–H and O–H groups in total. The Bertz CT molecular complexity index is 747. The largest absolute Gasteiger partial charge is 0.495 e. The lowest BCUT2D eigenvalue weighted by Gasteiger charge is -2.12. The summed E-state index contributed by atoms with van der Waals surface area (Å²) in [7, 11) is -2.72. The Labute approximate surface area is 122 Å². The van der Waals surface area contributed by atoms with Crippen molar-refractivity contribution in [3.63, 3.8) is 0 Å². The number of hydrogen-bond donors (Lipinski definition) is 4. The van der Waals surface area contributed by atoms with Crippen molar-refractivity contribution in [3.8, 4) is 5.75 Å². The van der Waals surface area contributed by atoms with Crippen LogP contribution in [0, 0.1) is 0 Å². The molecule has 7 nitrogen and oxygen atoms in total. The first-order chi connectivity index (χ1) is 9.90. The molecular formula is C13H15N3O4S. The minimum atomic E-state index is -4.23. The minimum absolute atomic E-state index is 0.191. The van der Waals surface area contributed by atoms with Crippen LogP contribution in [-0.4, -0.2) is 20.1 Å². The molecule has 0 aliphatic rings. The molecule has 0 aliphatic heterocycles. The van der Waals surface area contributed by atoms with E-state index in [1.54, 1.807) is 24.3 Å². The predicted molar refractivity (Wildman–Crippen MR) is 80.9 cm³/mol. The van der Waals surface area contributed by atoms with Crippen molar-refractivity contribution in [1.29, 1.82) is 0 Å². The van der Waals surface area contributed by atoms with Crippen LogP contribution in [0.5, 0.6) is 5.75 Å². The van der Waals surface area contributed by atoms with Crippen LogP contribution in [0.2, 0.25) is 0 Å². The molecule has 0 unspecified atom stereocenters. The minimum Gasteiger partial charge on any atom is -0.495 e. The van der Waals surface area contributed by atoms with E-state index in [1.807, 2.05) is 0 Å². The molecule has 0 saturated heterocycles. The van der Waals surface area contributed by atoms with Gasteiger partial charge < -0.3 is 21.3 Å². The SMILES string of the molecule is COc1cc(NNc2cccc(S(=O)(=O)O)c2)ccc1N. The highest BCUT2D eigenvalue weighted by molar-refractivity contribution is 7.85. The number of nitrogen functional groups attached to an aromatic ring is 1. The van der Waals surface area contributed by atoms with E-state index < -0.39 is 10.1 Å². The number of anilines is 3. The number of rotatable bonds is 5. The van der Waals surface area contributed by atoms with Crippen LogP contribution in [0.25, 0.3) is 0 Å². The summed E-state index contributed by atoms with van der Waals surface area (Å²) in [5.74, 6) is 0.522. The molecule has 0 saturated carbocycles. The van der Waals surface area contributed by atoms with Gasteiger partial charge in [-0.2, -0.15) is 8.42 Å². The third-order valence-electron chi connectivity index (χ3n) is 2.72. The molecule has 112 valence electrons. The van der Waals surface area contributed by atoms with Crippen molar-refractivity contribution in [2.75, 3.05) is 23.7 Å². The average molecular weight is 309 g/mol. The zero-order valence-electron chi connectivity index (χ0n) is 11.2. The molecule has 2 rings (SSSR count). The van der Waals surface area contributed by atoms with Crippen LogP contribution >= 0.6 is 0 Å². The van der Waals surface area contributed by atoms with Gasteiger partial charge in [-0.15, -0.1) is 0 Å². The van der Waals surface area contributed by atoms with Gasteiger partial charge in [0.05, 0.1) is 29.1 Å². The number of hydrazine groups is 1. The summed E-state index contributed by atoms with van der Waals surface area (Å²) in [6, 6.07) is 10.9. The highest BCUT2D eigenvalue weighted by atomic mass is 32.2. The third-order valence-corrected chi connectivity index (χ3v) is 3.57. The van der Waals surface area contributed by atoms with Crippen molar-refractivity contribution in [3.05, 3.63) is 42.5 Å². The summed E-state index contributed by atoms with van der Waals surface area (Å²) in [6.45, 7) is 0. The van der Waals surface area contributed by atoms with E-state index in [2.05, 4.69) is 10.9 Å². The summed E-state index contributed by atoms with van der Waals surface area (Å²) < 4.78 is 36.2. The highest BCUT2D eigenvalue weighted by Crippen LogP contribution is 2.25.